The molecule has 0 aliphatic heterocycles. The van der Waals surface area contributed by atoms with E-state index < -0.39 is 23.7 Å². The lowest BCUT2D eigenvalue weighted by Gasteiger charge is -2.24. The third-order valence-electron chi connectivity index (χ3n) is 3.70. The quantitative estimate of drug-likeness (QED) is 0.647. The molecule has 1 heterocycles. The number of hydrogen-bond acceptors (Lipinski definition) is 6. The van der Waals surface area contributed by atoms with Crippen molar-refractivity contribution < 1.29 is 23.9 Å². The summed E-state index contributed by atoms with van der Waals surface area (Å²) in [6, 6.07) is 2.81. The predicted molar refractivity (Wildman–Crippen MR) is 105 cm³/mol. The van der Waals surface area contributed by atoms with Crippen LogP contribution in [0.3, 0.4) is 0 Å². The van der Waals surface area contributed by atoms with Crippen LogP contribution in [0.5, 0.6) is 0 Å². The molecule has 1 atom stereocenters. The van der Waals surface area contributed by atoms with Crippen LogP contribution in [0.15, 0.2) is 24.5 Å². The van der Waals surface area contributed by atoms with E-state index in [1.165, 1.54) is 4.90 Å². The summed E-state index contributed by atoms with van der Waals surface area (Å²) in [5, 5.41) is 2.72. The molecule has 8 heteroatoms. The zero-order valence-electron chi connectivity index (χ0n) is 17.4. The van der Waals surface area contributed by atoms with Crippen LogP contribution in [-0.4, -0.2) is 59.7 Å². The molecule has 8 nitrogen and oxygen atoms in total. The Morgan fingerprint density at radius 2 is 1.86 bits per heavy atom. The number of nitrogens with zero attached hydrogens (tertiary/aromatic N) is 2. The molecule has 0 saturated carbocycles. The molecule has 1 N–H and O–H groups in total. The zero-order chi connectivity index (χ0) is 21.2. The number of amides is 2. The standard InChI is InChI=1S/C20H31N3O5/c1-6-27-18(25)16(14-15-9-11-21-12-10-15)22-17(24)8-7-13-23(5)19(26)28-20(2,3)4/h9-12,16H,6-8,13-14H2,1-5H3,(H,22,24)/t16-/m0/s1. The highest BCUT2D eigenvalue weighted by molar-refractivity contribution is 5.84. The van der Waals surface area contributed by atoms with Crippen LogP contribution < -0.4 is 5.32 Å². The molecule has 0 bridgehead atoms. The molecular weight excluding hydrogens is 362 g/mol. The van der Waals surface area contributed by atoms with Crippen molar-refractivity contribution in [2.75, 3.05) is 20.2 Å². The van der Waals surface area contributed by atoms with Crippen LogP contribution in [0.1, 0.15) is 46.1 Å². The number of ether oxygens (including phenoxy) is 2. The Labute approximate surface area is 166 Å². The van der Waals surface area contributed by atoms with Crippen LogP contribution in [-0.2, 0) is 25.5 Å². The van der Waals surface area contributed by atoms with E-state index in [0.29, 0.717) is 19.4 Å². The molecule has 0 spiro atoms. The molecule has 1 aromatic rings. The van der Waals surface area contributed by atoms with Gasteiger partial charge in [0, 0.05) is 38.8 Å². The normalized spacial score (nSPS) is 12.0. The molecule has 28 heavy (non-hydrogen) atoms. The molecule has 0 fully saturated rings. The summed E-state index contributed by atoms with van der Waals surface area (Å²) in [5.74, 6) is -0.747. The van der Waals surface area contributed by atoms with Gasteiger partial charge in [-0.2, -0.15) is 0 Å². The fourth-order valence-electron chi connectivity index (χ4n) is 2.37. The van der Waals surface area contributed by atoms with Gasteiger partial charge in [-0.15, -0.1) is 0 Å². The summed E-state index contributed by atoms with van der Waals surface area (Å²) in [5.41, 5.74) is 0.306. The minimum Gasteiger partial charge on any atom is -0.464 e. The molecular formula is C20H31N3O5. The monoisotopic (exact) mass is 393 g/mol. The average molecular weight is 393 g/mol. The van der Waals surface area contributed by atoms with Gasteiger partial charge < -0.3 is 19.7 Å². The van der Waals surface area contributed by atoms with E-state index in [1.54, 1.807) is 59.3 Å². The van der Waals surface area contributed by atoms with E-state index in [1.807, 2.05) is 0 Å². The molecule has 0 aliphatic rings. The molecule has 2 amide bonds. The number of aromatic nitrogens is 1. The highest BCUT2D eigenvalue weighted by Crippen LogP contribution is 2.10. The smallest absolute Gasteiger partial charge is 0.410 e. The van der Waals surface area contributed by atoms with Crippen LogP contribution in [0.25, 0.3) is 0 Å². The topological polar surface area (TPSA) is 97.8 Å². The fraction of sp³-hybridized carbons (Fsp3) is 0.600. The van der Waals surface area contributed by atoms with Gasteiger partial charge in [-0.1, -0.05) is 0 Å². The van der Waals surface area contributed by atoms with Gasteiger partial charge >= 0.3 is 12.1 Å². The van der Waals surface area contributed by atoms with Crippen molar-refractivity contribution in [2.45, 2.75) is 58.6 Å². The van der Waals surface area contributed by atoms with Gasteiger partial charge in [0.05, 0.1) is 6.61 Å². The second kappa shape index (κ2) is 11.3. The summed E-state index contributed by atoms with van der Waals surface area (Å²) in [6.07, 6.45) is 3.78. The highest BCUT2D eigenvalue weighted by atomic mass is 16.6. The lowest BCUT2D eigenvalue weighted by atomic mass is 10.1. The molecule has 0 aromatic carbocycles. The first-order valence-electron chi connectivity index (χ1n) is 9.41. The fourth-order valence-corrected chi connectivity index (χ4v) is 2.37. The molecule has 0 aliphatic carbocycles. The lowest BCUT2D eigenvalue weighted by Crippen LogP contribution is -2.43. The van der Waals surface area contributed by atoms with E-state index in [-0.39, 0.29) is 18.9 Å². The van der Waals surface area contributed by atoms with Crippen molar-refractivity contribution in [3.05, 3.63) is 30.1 Å². The van der Waals surface area contributed by atoms with Gasteiger partial charge in [-0.05, 0) is 51.8 Å². The first-order valence-corrected chi connectivity index (χ1v) is 9.41. The number of carbonyl (C=O) groups excluding carboxylic acids is 3. The first kappa shape index (κ1) is 23.4. The number of hydrogen-bond donors (Lipinski definition) is 1. The lowest BCUT2D eigenvalue weighted by molar-refractivity contribution is -0.147. The van der Waals surface area contributed by atoms with Crippen molar-refractivity contribution >= 4 is 18.0 Å². The SMILES string of the molecule is CCOC(=O)[C@H](Cc1ccncc1)NC(=O)CCCN(C)C(=O)OC(C)(C)C. The van der Waals surface area contributed by atoms with Gasteiger partial charge in [0.1, 0.15) is 11.6 Å². The Morgan fingerprint density at radius 1 is 1.21 bits per heavy atom. The average Bonchev–Trinajstić information content (AvgIpc) is 2.60. The van der Waals surface area contributed by atoms with Gasteiger partial charge in [0.2, 0.25) is 5.91 Å². The predicted octanol–water partition coefficient (Wildman–Crippen LogP) is 2.32. The van der Waals surface area contributed by atoms with E-state index in [2.05, 4.69) is 10.3 Å². The molecule has 0 saturated heterocycles. The maximum Gasteiger partial charge on any atom is 0.410 e. The second-order valence-electron chi connectivity index (χ2n) is 7.44. The summed E-state index contributed by atoms with van der Waals surface area (Å²) in [7, 11) is 1.62. The van der Waals surface area contributed by atoms with Crippen LogP contribution in [0.2, 0.25) is 0 Å². The Bertz CT molecular complexity index is 643. The van der Waals surface area contributed by atoms with E-state index in [4.69, 9.17) is 9.47 Å². The van der Waals surface area contributed by atoms with Crippen LogP contribution >= 0.6 is 0 Å². The van der Waals surface area contributed by atoms with Crippen LogP contribution in [0, 0.1) is 0 Å². The summed E-state index contributed by atoms with van der Waals surface area (Å²) in [6.45, 7) is 7.72. The Kier molecular flexibility index (Phi) is 9.41. The van der Waals surface area contributed by atoms with Crippen molar-refractivity contribution in [1.82, 2.24) is 15.2 Å². The van der Waals surface area contributed by atoms with Gasteiger partial charge in [0.25, 0.3) is 0 Å². The van der Waals surface area contributed by atoms with Crippen molar-refractivity contribution in [3.63, 3.8) is 0 Å². The molecule has 156 valence electrons. The number of nitrogens with one attached hydrogen (secondary N) is 1. The summed E-state index contributed by atoms with van der Waals surface area (Å²) in [4.78, 5) is 41.7. The van der Waals surface area contributed by atoms with Gasteiger partial charge in [0.15, 0.2) is 0 Å². The Hall–Kier alpha value is -2.64. The highest BCUT2D eigenvalue weighted by Gasteiger charge is 2.23. The van der Waals surface area contributed by atoms with Crippen molar-refractivity contribution in [2.24, 2.45) is 0 Å². The van der Waals surface area contributed by atoms with Crippen molar-refractivity contribution in [3.8, 4) is 0 Å². The van der Waals surface area contributed by atoms with E-state index >= 15 is 0 Å². The maximum atomic E-state index is 12.3. The number of carbonyl (C=O) groups is 3. The van der Waals surface area contributed by atoms with Crippen LogP contribution in [0.4, 0.5) is 4.79 Å². The Morgan fingerprint density at radius 3 is 2.43 bits per heavy atom. The minimum absolute atomic E-state index is 0.180. The minimum atomic E-state index is -0.765. The third kappa shape index (κ3) is 9.34. The summed E-state index contributed by atoms with van der Waals surface area (Å²) >= 11 is 0. The number of pyridine rings is 1. The van der Waals surface area contributed by atoms with Gasteiger partial charge in [-0.25, -0.2) is 9.59 Å². The Balaban J connectivity index is 2.51. The van der Waals surface area contributed by atoms with Crippen molar-refractivity contribution in [1.29, 1.82) is 0 Å². The number of rotatable bonds is 9. The first-order chi connectivity index (χ1) is 13.1. The molecule has 0 unspecified atom stereocenters. The zero-order valence-corrected chi connectivity index (χ0v) is 17.4. The molecule has 1 aromatic heterocycles. The van der Waals surface area contributed by atoms with E-state index in [9.17, 15) is 14.4 Å². The molecule has 0 radical (unpaired) electrons. The van der Waals surface area contributed by atoms with E-state index in [0.717, 1.165) is 5.56 Å². The maximum absolute atomic E-state index is 12.3. The second-order valence-corrected chi connectivity index (χ2v) is 7.44. The largest absolute Gasteiger partial charge is 0.464 e. The molecule has 1 rings (SSSR count). The summed E-state index contributed by atoms with van der Waals surface area (Å²) < 4.78 is 10.3. The van der Waals surface area contributed by atoms with Gasteiger partial charge in [-0.3, -0.25) is 9.78 Å². The third-order valence-corrected chi connectivity index (χ3v) is 3.70. The number of esters is 1.